The number of rotatable bonds is 1. The summed E-state index contributed by atoms with van der Waals surface area (Å²) in [6, 6.07) is 7.32. The molecule has 0 bridgehead atoms. The zero-order valence-corrected chi connectivity index (χ0v) is 9.53. The molecule has 1 aromatic rings. The van der Waals surface area contributed by atoms with E-state index in [0.717, 1.165) is 22.3 Å². The van der Waals surface area contributed by atoms with Gasteiger partial charge in [-0.2, -0.15) is 0 Å². The minimum absolute atomic E-state index is 0.294. The average Bonchev–Trinajstić information content (AvgIpc) is 2.72. The molecule has 3 rings (SSSR count). The van der Waals surface area contributed by atoms with Crippen molar-refractivity contribution in [3.8, 4) is 0 Å². The van der Waals surface area contributed by atoms with Crippen LogP contribution in [0.3, 0.4) is 0 Å². The molecule has 2 amide bonds. The number of hydrogen-bond donors (Lipinski definition) is 3. The SMILES string of the molecule is N=C1C(NC(N)=O)=CC=C2C1=Cc1ccccc12. The van der Waals surface area contributed by atoms with E-state index in [1.54, 1.807) is 6.08 Å². The fourth-order valence-corrected chi connectivity index (χ4v) is 2.26. The Morgan fingerprint density at radius 3 is 2.72 bits per heavy atom. The summed E-state index contributed by atoms with van der Waals surface area (Å²) >= 11 is 0. The quantitative estimate of drug-likeness (QED) is 0.686. The second kappa shape index (κ2) is 3.70. The van der Waals surface area contributed by atoms with Gasteiger partial charge in [0.25, 0.3) is 0 Å². The van der Waals surface area contributed by atoms with E-state index in [1.165, 1.54) is 0 Å². The van der Waals surface area contributed by atoms with Crippen LogP contribution < -0.4 is 11.1 Å². The van der Waals surface area contributed by atoms with Crippen molar-refractivity contribution in [1.29, 1.82) is 5.41 Å². The smallest absolute Gasteiger partial charge is 0.316 e. The highest BCUT2D eigenvalue weighted by Gasteiger charge is 2.25. The van der Waals surface area contributed by atoms with E-state index in [0.29, 0.717) is 11.4 Å². The third-order valence-electron chi connectivity index (χ3n) is 3.05. The molecule has 0 radical (unpaired) electrons. The fourth-order valence-electron chi connectivity index (χ4n) is 2.26. The lowest BCUT2D eigenvalue weighted by atomic mass is 9.94. The van der Waals surface area contributed by atoms with Crippen molar-refractivity contribution in [3.63, 3.8) is 0 Å². The molecule has 4 N–H and O–H groups in total. The Balaban J connectivity index is 2.07. The predicted molar refractivity (Wildman–Crippen MR) is 70.9 cm³/mol. The third kappa shape index (κ3) is 1.47. The lowest BCUT2D eigenvalue weighted by molar-refractivity contribution is 0.251. The van der Waals surface area contributed by atoms with Crippen LogP contribution in [0.15, 0.2) is 47.7 Å². The maximum absolute atomic E-state index is 10.9. The molecule has 88 valence electrons. The van der Waals surface area contributed by atoms with Crippen molar-refractivity contribution in [1.82, 2.24) is 5.32 Å². The number of nitrogens with two attached hydrogens (primary N) is 1. The number of hydrogen-bond acceptors (Lipinski definition) is 2. The molecule has 0 aliphatic heterocycles. The van der Waals surface area contributed by atoms with E-state index in [9.17, 15) is 4.79 Å². The molecule has 1 aromatic carbocycles. The lowest BCUT2D eigenvalue weighted by Gasteiger charge is -2.16. The van der Waals surface area contributed by atoms with E-state index in [4.69, 9.17) is 11.1 Å². The van der Waals surface area contributed by atoms with E-state index < -0.39 is 6.03 Å². The minimum atomic E-state index is -0.654. The zero-order chi connectivity index (χ0) is 12.7. The first-order chi connectivity index (χ1) is 8.66. The number of nitrogens with one attached hydrogen (secondary N) is 2. The number of carbonyl (C=O) groups is 1. The predicted octanol–water partition coefficient (Wildman–Crippen LogP) is 2.05. The van der Waals surface area contributed by atoms with Gasteiger partial charge in [0.2, 0.25) is 0 Å². The monoisotopic (exact) mass is 237 g/mol. The molecule has 0 saturated heterocycles. The fraction of sp³-hybridized carbons (Fsp3) is 0. The van der Waals surface area contributed by atoms with Gasteiger partial charge in [0.15, 0.2) is 0 Å². The number of carbonyl (C=O) groups excluding carboxylic acids is 1. The molecular formula is C14H11N3O. The highest BCUT2D eigenvalue weighted by molar-refractivity contribution is 6.27. The Labute approximate surface area is 104 Å². The van der Waals surface area contributed by atoms with Gasteiger partial charge >= 0.3 is 6.03 Å². The molecule has 2 aliphatic carbocycles. The van der Waals surface area contributed by atoms with Crippen LogP contribution in [0.2, 0.25) is 0 Å². The molecule has 0 heterocycles. The molecule has 0 aromatic heterocycles. The summed E-state index contributed by atoms with van der Waals surface area (Å²) in [7, 11) is 0. The number of primary amides is 1. The lowest BCUT2D eigenvalue weighted by Crippen LogP contribution is -2.33. The van der Waals surface area contributed by atoms with Crippen LogP contribution in [0, 0.1) is 5.41 Å². The van der Waals surface area contributed by atoms with Gasteiger partial charge in [0.05, 0.1) is 11.4 Å². The van der Waals surface area contributed by atoms with Crippen LogP contribution in [-0.4, -0.2) is 11.7 Å². The summed E-state index contributed by atoms with van der Waals surface area (Å²) in [6.45, 7) is 0. The van der Waals surface area contributed by atoms with Crippen molar-refractivity contribution in [2.45, 2.75) is 0 Å². The highest BCUT2D eigenvalue weighted by atomic mass is 16.2. The molecule has 0 saturated carbocycles. The Morgan fingerprint density at radius 2 is 1.94 bits per heavy atom. The maximum Gasteiger partial charge on any atom is 0.316 e. The Morgan fingerprint density at radius 1 is 1.17 bits per heavy atom. The molecule has 4 heteroatoms. The number of allylic oxidation sites excluding steroid dienone is 4. The standard InChI is InChI=1S/C14H11N3O/c15-13-11-7-8-3-1-2-4-9(8)10(11)5-6-12(13)17-14(16)18/h1-7,15H,(H3,16,17,18). The van der Waals surface area contributed by atoms with Gasteiger partial charge in [0.1, 0.15) is 0 Å². The van der Waals surface area contributed by atoms with Gasteiger partial charge in [-0.1, -0.05) is 30.3 Å². The highest BCUT2D eigenvalue weighted by Crippen LogP contribution is 2.38. The number of benzene rings is 1. The van der Waals surface area contributed by atoms with Crippen molar-refractivity contribution >= 4 is 23.4 Å². The Kier molecular flexibility index (Phi) is 2.16. The minimum Gasteiger partial charge on any atom is -0.351 e. The molecule has 2 aliphatic rings. The van der Waals surface area contributed by atoms with Crippen molar-refractivity contribution in [2.75, 3.05) is 0 Å². The topological polar surface area (TPSA) is 79.0 Å². The molecule has 0 atom stereocenters. The maximum atomic E-state index is 10.9. The van der Waals surface area contributed by atoms with Gasteiger partial charge in [0, 0.05) is 5.57 Å². The normalized spacial score (nSPS) is 16.2. The van der Waals surface area contributed by atoms with E-state index in [2.05, 4.69) is 5.32 Å². The summed E-state index contributed by atoms with van der Waals surface area (Å²) in [4.78, 5) is 10.9. The summed E-state index contributed by atoms with van der Waals surface area (Å²) in [5.41, 5.74) is 9.86. The molecule has 0 fully saturated rings. The largest absolute Gasteiger partial charge is 0.351 e. The van der Waals surface area contributed by atoms with Gasteiger partial charge in [-0.3, -0.25) is 5.41 Å². The van der Waals surface area contributed by atoms with Gasteiger partial charge in [-0.15, -0.1) is 0 Å². The molecule has 0 spiro atoms. The summed E-state index contributed by atoms with van der Waals surface area (Å²) in [6.07, 6.45) is 5.57. The molecule has 4 nitrogen and oxygen atoms in total. The van der Waals surface area contributed by atoms with Crippen molar-refractivity contribution < 1.29 is 4.79 Å². The second-order valence-electron chi connectivity index (χ2n) is 4.17. The summed E-state index contributed by atoms with van der Waals surface area (Å²) < 4.78 is 0. The number of fused-ring (bicyclic) bond motifs is 3. The summed E-state index contributed by atoms with van der Waals surface area (Å²) in [5.74, 6) is 0. The summed E-state index contributed by atoms with van der Waals surface area (Å²) in [5, 5.41) is 10.6. The van der Waals surface area contributed by atoms with Gasteiger partial charge in [-0.25, -0.2) is 4.79 Å². The number of urea groups is 1. The van der Waals surface area contributed by atoms with Gasteiger partial charge < -0.3 is 11.1 Å². The molecule has 18 heavy (non-hydrogen) atoms. The molecular weight excluding hydrogens is 226 g/mol. The van der Waals surface area contributed by atoms with E-state index in [-0.39, 0.29) is 0 Å². The Bertz CT molecular complexity index is 665. The van der Waals surface area contributed by atoms with E-state index in [1.807, 2.05) is 36.4 Å². The first-order valence-corrected chi connectivity index (χ1v) is 5.56. The van der Waals surface area contributed by atoms with Crippen molar-refractivity contribution in [2.24, 2.45) is 5.73 Å². The van der Waals surface area contributed by atoms with Crippen molar-refractivity contribution in [3.05, 3.63) is 58.8 Å². The second-order valence-corrected chi connectivity index (χ2v) is 4.17. The van der Waals surface area contributed by atoms with Crippen LogP contribution in [0.4, 0.5) is 4.79 Å². The Hall–Kier alpha value is -2.62. The van der Waals surface area contributed by atoms with Gasteiger partial charge in [-0.05, 0) is 28.9 Å². The van der Waals surface area contributed by atoms with Crippen LogP contribution in [0.1, 0.15) is 11.1 Å². The average molecular weight is 237 g/mol. The molecule has 0 unspecified atom stereocenters. The van der Waals surface area contributed by atoms with Crippen LogP contribution >= 0.6 is 0 Å². The number of amides is 2. The zero-order valence-electron chi connectivity index (χ0n) is 9.53. The third-order valence-corrected chi connectivity index (χ3v) is 3.05. The first kappa shape index (κ1) is 10.5. The van der Waals surface area contributed by atoms with Crippen LogP contribution in [-0.2, 0) is 0 Å². The van der Waals surface area contributed by atoms with Crippen LogP contribution in [0.5, 0.6) is 0 Å². The van der Waals surface area contributed by atoms with E-state index >= 15 is 0 Å². The van der Waals surface area contributed by atoms with Crippen LogP contribution in [0.25, 0.3) is 11.6 Å². The first-order valence-electron chi connectivity index (χ1n) is 5.56.